The Labute approximate surface area is 148 Å². The molecule has 1 fully saturated rings. The van der Waals surface area contributed by atoms with Gasteiger partial charge in [-0.15, -0.1) is 0 Å². The molecule has 0 radical (unpaired) electrons. The molecule has 0 saturated carbocycles. The van der Waals surface area contributed by atoms with Gasteiger partial charge in [-0.1, -0.05) is 30.3 Å². The predicted molar refractivity (Wildman–Crippen MR) is 87.5 cm³/mol. The molecule has 0 bridgehead atoms. The van der Waals surface area contributed by atoms with Gasteiger partial charge in [-0.2, -0.15) is 13.2 Å². The van der Waals surface area contributed by atoms with Crippen molar-refractivity contribution in [2.75, 3.05) is 26.2 Å². The van der Waals surface area contributed by atoms with Crippen molar-refractivity contribution in [3.05, 3.63) is 35.9 Å². The molecule has 1 aliphatic rings. The highest BCUT2D eigenvalue weighted by atomic mass is 19.4. The predicted octanol–water partition coefficient (Wildman–Crippen LogP) is 1.97. The molecule has 1 saturated heterocycles. The number of hydrogen-bond donors (Lipinski definition) is 2. The third kappa shape index (κ3) is 6.47. The minimum absolute atomic E-state index is 0.0706. The van der Waals surface area contributed by atoms with Crippen LogP contribution in [0.15, 0.2) is 30.3 Å². The Morgan fingerprint density at radius 1 is 1.08 bits per heavy atom. The zero-order valence-corrected chi connectivity index (χ0v) is 14.0. The second-order valence-corrected chi connectivity index (χ2v) is 6.13. The van der Waals surface area contributed by atoms with Crippen molar-refractivity contribution in [2.45, 2.75) is 19.0 Å². The average molecular weight is 371 g/mol. The monoisotopic (exact) mass is 371 g/mol. The molecule has 142 valence electrons. The van der Waals surface area contributed by atoms with Crippen molar-refractivity contribution in [3.8, 4) is 0 Å². The number of alkyl halides is 3. The van der Waals surface area contributed by atoms with Gasteiger partial charge in [0.05, 0.1) is 6.54 Å². The van der Waals surface area contributed by atoms with E-state index in [0.29, 0.717) is 31.5 Å². The maximum atomic E-state index is 12.4. The van der Waals surface area contributed by atoms with Gasteiger partial charge < -0.3 is 5.32 Å². The molecule has 2 rings (SSSR count). The Bertz CT molecular complexity index is 642. The number of imide groups is 1. The highest BCUT2D eigenvalue weighted by molar-refractivity contribution is 5.98. The fraction of sp³-hybridized carbons (Fsp3) is 0.471. The molecule has 26 heavy (non-hydrogen) atoms. The quantitative estimate of drug-likeness (QED) is 0.776. The van der Waals surface area contributed by atoms with E-state index >= 15 is 0 Å². The first kappa shape index (κ1) is 19.9. The number of Topliss-reactive ketones (excluding diaryl/α,β-unsaturated/α-hetero) is 1. The first-order valence-corrected chi connectivity index (χ1v) is 8.20. The molecule has 6 nitrogen and oxygen atoms in total. The number of amides is 3. The number of ketones is 1. The lowest BCUT2D eigenvalue weighted by molar-refractivity contribution is -0.125. The van der Waals surface area contributed by atoms with Crippen LogP contribution in [0.5, 0.6) is 0 Å². The average Bonchev–Trinajstić information content (AvgIpc) is 2.60. The summed E-state index contributed by atoms with van der Waals surface area (Å²) in [5.41, 5.74) is 0.657. The van der Waals surface area contributed by atoms with Gasteiger partial charge in [0, 0.05) is 11.5 Å². The molecule has 0 unspecified atom stereocenters. The molecule has 0 aliphatic carbocycles. The fourth-order valence-electron chi connectivity index (χ4n) is 2.79. The van der Waals surface area contributed by atoms with Crippen LogP contribution in [0.2, 0.25) is 0 Å². The number of carbonyl (C=O) groups excluding carboxylic acids is 3. The van der Waals surface area contributed by atoms with Crippen LogP contribution in [0.4, 0.5) is 18.0 Å². The molecule has 2 N–H and O–H groups in total. The summed E-state index contributed by atoms with van der Waals surface area (Å²) in [5.74, 6) is -0.731. The van der Waals surface area contributed by atoms with E-state index in [1.165, 1.54) is 0 Å². The van der Waals surface area contributed by atoms with E-state index in [-0.39, 0.29) is 18.2 Å². The smallest absolute Gasteiger partial charge is 0.329 e. The molecule has 1 aliphatic heterocycles. The molecule has 1 aromatic carbocycles. The number of piperidine rings is 1. The molecule has 0 aromatic heterocycles. The number of nitrogens with one attached hydrogen (secondary N) is 2. The number of halogens is 3. The van der Waals surface area contributed by atoms with Crippen LogP contribution in [0.25, 0.3) is 0 Å². The molecule has 0 atom stereocenters. The van der Waals surface area contributed by atoms with E-state index in [0.717, 1.165) is 0 Å². The van der Waals surface area contributed by atoms with Gasteiger partial charge in [0.2, 0.25) is 5.91 Å². The SMILES string of the molecule is O=C(CN1CCC(C(=O)c2ccccc2)CC1)NC(=O)NCC(F)(F)F. The Morgan fingerprint density at radius 3 is 2.27 bits per heavy atom. The highest BCUT2D eigenvalue weighted by Gasteiger charge is 2.29. The van der Waals surface area contributed by atoms with Gasteiger partial charge in [-0.3, -0.25) is 19.8 Å². The summed E-state index contributed by atoms with van der Waals surface area (Å²) in [6.45, 7) is -0.605. The number of urea groups is 1. The summed E-state index contributed by atoms with van der Waals surface area (Å²) in [6.07, 6.45) is -3.36. The Morgan fingerprint density at radius 2 is 1.69 bits per heavy atom. The molecule has 3 amide bonds. The topological polar surface area (TPSA) is 78.5 Å². The van der Waals surface area contributed by atoms with Crippen molar-refractivity contribution >= 4 is 17.7 Å². The zero-order chi connectivity index (χ0) is 19.2. The molecule has 0 spiro atoms. The van der Waals surface area contributed by atoms with E-state index in [9.17, 15) is 27.6 Å². The van der Waals surface area contributed by atoms with Gasteiger partial charge in [-0.05, 0) is 25.9 Å². The minimum atomic E-state index is -4.53. The third-order valence-electron chi connectivity index (χ3n) is 4.09. The standard InChI is InChI=1S/C17H20F3N3O3/c18-17(19,20)11-21-16(26)22-14(24)10-23-8-6-13(7-9-23)15(25)12-4-2-1-3-5-12/h1-5,13H,6-11H2,(H2,21,22,24,26). The van der Waals surface area contributed by atoms with Crippen LogP contribution in [0.3, 0.4) is 0 Å². The molecular weight excluding hydrogens is 351 g/mol. The van der Waals surface area contributed by atoms with E-state index in [2.05, 4.69) is 0 Å². The van der Waals surface area contributed by atoms with Crippen molar-refractivity contribution in [1.29, 1.82) is 0 Å². The molecule has 9 heteroatoms. The van der Waals surface area contributed by atoms with E-state index in [1.807, 2.05) is 11.4 Å². The van der Waals surface area contributed by atoms with Gasteiger partial charge >= 0.3 is 12.2 Å². The van der Waals surface area contributed by atoms with E-state index in [1.54, 1.807) is 34.5 Å². The Balaban J connectivity index is 1.72. The van der Waals surface area contributed by atoms with Crippen LogP contribution < -0.4 is 10.6 Å². The number of benzene rings is 1. The molecule has 1 aromatic rings. The van der Waals surface area contributed by atoms with Crippen LogP contribution >= 0.6 is 0 Å². The number of nitrogens with zero attached hydrogens (tertiary/aromatic N) is 1. The highest BCUT2D eigenvalue weighted by Crippen LogP contribution is 2.21. The normalized spacial score (nSPS) is 16.1. The van der Waals surface area contributed by atoms with Crippen molar-refractivity contribution in [2.24, 2.45) is 5.92 Å². The Kier molecular flexibility index (Phi) is 6.73. The van der Waals surface area contributed by atoms with Crippen LogP contribution in [-0.4, -0.2) is 55.0 Å². The van der Waals surface area contributed by atoms with Crippen molar-refractivity contribution in [3.63, 3.8) is 0 Å². The van der Waals surface area contributed by atoms with Crippen LogP contribution in [0, 0.1) is 5.92 Å². The zero-order valence-electron chi connectivity index (χ0n) is 14.0. The van der Waals surface area contributed by atoms with Crippen molar-refractivity contribution in [1.82, 2.24) is 15.5 Å². The lowest BCUT2D eigenvalue weighted by Crippen LogP contribution is -2.48. The van der Waals surface area contributed by atoms with E-state index in [4.69, 9.17) is 0 Å². The summed E-state index contributed by atoms with van der Waals surface area (Å²) in [6, 6.07) is 7.79. The van der Waals surface area contributed by atoms with E-state index < -0.39 is 24.7 Å². The van der Waals surface area contributed by atoms with Gasteiger partial charge in [-0.25, -0.2) is 4.79 Å². The second-order valence-electron chi connectivity index (χ2n) is 6.13. The maximum Gasteiger partial charge on any atom is 0.405 e. The molecular formula is C17H20F3N3O3. The summed E-state index contributed by atoms with van der Waals surface area (Å²) in [4.78, 5) is 37.1. The second kappa shape index (κ2) is 8.79. The van der Waals surface area contributed by atoms with Crippen LogP contribution in [-0.2, 0) is 4.79 Å². The minimum Gasteiger partial charge on any atom is -0.329 e. The van der Waals surface area contributed by atoms with Crippen molar-refractivity contribution < 1.29 is 27.6 Å². The first-order chi connectivity index (χ1) is 12.2. The number of carbonyl (C=O) groups is 3. The maximum absolute atomic E-state index is 12.4. The largest absolute Gasteiger partial charge is 0.405 e. The summed E-state index contributed by atoms with van der Waals surface area (Å²) < 4.78 is 36.0. The lowest BCUT2D eigenvalue weighted by Gasteiger charge is -2.30. The third-order valence-corrected chi connectivity index (χ3v) is 4.09. The fourth-order valence-corrected chi connectivity index (χ4v) is 2.79. The summed E-state index contributed by atoms with van der Waals surface area (Å²) >= 11 is 0. The lowest BCUT2D eigenvalue weighted by atomic mass is 9.89. The summed E-state index contributed by atoms with van der Waals surface area (Å²) in [5, 5.41) is 3.43. The Hall–Kier alpha value is -2.42. The number of likely N-dealkylation sites (tertiary alicyclic amines) is 1. The summed E-state index contributed by atoms with van der Waals surface area (Å²) in [7, 11) is 0. The first-order valence-electron chi connectivity index (χ1n) is 8.20. The van der Waals surface area contributed by atoms with Gasteiger partial charge in [0.15, 0.2) is 5.78 Å². The number of hydrogen-bond acceptors (Lipinski definition) is 4. The number of rotatable bonds is 5. The van der Waals surface area contributed by atoms with Gasteiger partial charge in [0.1, 0.15) is 6.54 Å². The molecule has 1 heterocycles. The van der Waals surface area contributed by atoms with Crippen LogP contribution in [0.1, 0.15) is 23.2 Å². The van der Waals surface area contributed by atoms with Gasteiger partial charge in [0.25, 0.3) is 0 Å².